The van der Waals surface area contributed by atoms with E-state index in [0.29, 0.717) is 17.7 Å². The second-order valence-electron chi connectivity index (χ2n) is 9.02. The van der Waals surface area contributed by atoms with Crippen LogP contribution in [0.3, 0.4) is 0 Å². The van der Waals surface area contributed by atoms with Gasteiger partial charge in [0.2, 0.25) is 0 Å². The molecule has 34 heavy (non-hydrogen) atoms. The Kier molecular flexibility index (Phi) is 9.61. The maximum Gasteiger partial charge on any atom is 0.158 e. The average molecular weight is 467 g/mol. The number of aliphatic hydroxyl groups excluding tert-OH is 1. The minimum atomic E-state index is -1.48. The van der Waals surface area contributed by atoms with Crippen molar-refractivity contribution in [1.82, 2.24) is 0 Å². The number of rotatable bonds is 4. The fraction of sp³-hybridized carbons (Fsp3) is 0.333. The van der Waals surface area contributed by atoms with E-state index < -0.39 is 14.2 Å². The summed E-state index contributed by atoms with van der Waals surface area (Å²) in [5.74, 6) is 20.5. The number of hydrogen-bond donors (Lipinski definition) is 1. The van der Waals surface area contributed by atoms with Gasteiger partial charge in [0.05, 0.1) is 6.61 Å². The van der Waals surface area contributed by atoms with Crippen LogP contribution in [0, 0.1) is 47.0 Å². The molecule has 1 heterocycles. The molecule has 0 aromatic heterocycles. The van der Waals surface area contributed by atoms with E-state index in [1.165, 1.54) is 0 Å². The van der Waals surface area contributed by atoms with Crippen LogP contribution >= 0.6 is 0 Å². The largest absolute Gasteiger partial charge is 0.376 e. The molecular weight excluding hydrogens is 436 g/mol. The fourth-order valence-electron chi connectivity index (χ4n) is 3.24. The molecule has 0 amide bonds. The number of hydrogen-bond acceptors (Lipinski definition) is 3. The summed E-state index contributed by atoms with van der Waals surface area (Å²) in [5.41, 5.74) is 6.42. The van der Waals surface area contributed by atoms with Crippen LogP contribution in [-0.2, 0) is 16.1 Å². The first kappa shape index (κ1) is 25.4. The molecular formula is C30H30O3Si. The maximum absolute atomic E-state index is 10.5. The molecule has 1 aliphatic heterocycles. The second kappa shape index (κ2) is 12.9. The summed E-state index contributed by atoms with van der Waals surface area (Å²) in [6.45, 7) is 7.68. The van der Waals surface area contributed by atoms with Crippen LogP contribution in [0.1, 0.15) is 47.6 Å². The van der Waals surface area contributed by atoms with E-state index in [0.717, 1.165) is 37.0 Å². The standard InChI is InChI=1S/C30H30O3Si/c1-34(2,3)23-13-11-20-29(31)28-19-9-8-17-26(28)16-6-4-14-25-15-5-7-18-27(25)24-33-30-21-10-12-22-32-30/h5,7-9,15,17-19,29-31H,10,12,21-22,24H2,1-3H3. The summed E-state index contributed by atoms with van der Waals surface area (Å²) < 4.78 is 11.6. The Morgan fingerprint density at radius 3 is 2.38 bits per heavy atom. The molecule has 0 aliphatic carbocycles. The highest BCUT2D eigenvalue weighted by molar-refractivity contribution is 6.83. The van der Waals surface area contributed by atoms with E-state index in [1.54, 1.807) is 0 Å². The first-order valence-electron chi connectivity index (χ1n) is 11.6. The summed E-state index contributed by atoms with van der Waals surface area (Å²) in [6.07, 6.45) is 2.08. The van der Waals surface area contributed by atoms with E-state index in [1.807, 2.05) is 48.5 Å². The monoisotopic (exact) mass is 466 g/mol. The second-order valence-corrected chi connectivity index (χ2v) is 13.8. The number of benzene rings is 2. The molecule has 1 N–H and O–H groups in total. The van der Waals surface area contributed by atoms with Gasteiger partial charge < -0.3 is 14.6 Å². The Bertz CT molecular complexity index is 1220. The van der Waals surface area contributed by atoms with Gasteiger partial charge in [0.1, 0.15) is 14.2 Å². The smallest absolute Gasteiger partial charge is 0.158 e. The van der Waals surface area contributed by atoms with Crippen molar-refractivity contribution in [3.05, 3.63) is 70.8 Å². The van der Waals surface area contributed by atoms with Gasteiger partial charge in [-0.3, -0.25) is 0 Å². The van der Waals surface area contributed by atoms with Crippen molar-refractivity contribution < 1.29 is 14.6 Å². The third-order valence-corrected chi connectivity index (χ3v) is 5.88. The van der Waals surface area contributed by atoms with Gasteiger partial charge >= 0.3 is 0 Å². The highest BCUT2D eigenvalue weighted by atomic mass is 28.3. The molecule has 1 aliphatic rings. The quantitative estimate of drug-likeness (QED) is 0.506. The molecule has 1 fully saturated rings. The van der Waals surface area contributed by atoms with Crippen LogP contribution in [0.15, 0.2) is 48.5 Å². The predicted molar refractivity (Wildman–Crippen MR) is 139 cm³/mol. The third kappa shape index (κ3) is 8.61. The van der Waals surface area contributed by atoms with Gasteiger partial charge in [0.25, 0.3) is 0 Å². The minimum absolute atomic E-state index is 0.137. The first-order chi connectivity index (χ1) is 16.4. The summed E-state index contributed by atoms with van der Waals surface area (Å²) >= 11 is 0. The number of ether oxygens (including phenoxy) is 2. The predicted octanol–water partition coefficient (Wildman–Crippen LogP) is 5.05. The van der Waals surface area contributed by atoms with Gasteiger partial charge in [-0.1, -0.05) is 73.8 Å². The van der Waals surface area contributed by atoms with Crippen molar-refractivity contribution in [2.24, 2.45) is 0 Å². The lowest BCUT2D eigenvalue weighted by molar-refractivity contribution is -0.168. The van der Waals surface area contributed by atoms with E-state index in [9.17, 15) is 5.11 Å². The molecule has 0 saturated carbocycles. The van der Waals surface area contributed by atoms with Gasteiger partial charge in [0.15, 0.2) is 6.29 Å². The third-order valence-electron chi connectivity index (χ3n) is 5.00. The maximum atomic E-state index is 10.5. The van der Waals surface area contributed by atoms with Crippen molar-refractivity contribution >= 4 is 8.07 Å². The Balaban J connectivity index is 1.70. The lowest BCUT2D eigenvalue weighted by Gasteiger charge is -2.22. The Morgan fingerprint density at radius 2 is 1.65 bits per heavy atom. The van der Waals surface area contributed by atoms with Crippen molar-refractivity contribution in [2.45, 2.75) is 57.9 Å². The lowest BCUT2D eigenvalue weighted by Crippen LogP contribution is -2.22. The van der Waals surface area contributed by atoms with Crippen LogP contribution in [0.25, 0.3) is 0 Å². The van der Waals surface area contributed by atoms with Gasteiger partial charge in [0, 0.05) is 23.3 Å². The first-order valence-corrected chi connectivity index (χ1v) is 15.1. The highest BCUT2D eigenvalue weighted by Crippen LogP contribution is 2.18. The molecule has 1 saturated heterocycles. The molecule has 172 valence electrons. The zero-order valence-electron chi connectivity index (χ0n) is 20.1. The highest BCUT2D eigenvalue weighted by Gasteiger charge is 2.14. The zero-order chi connectivity index (χ0) is 24.2. The van der Waals surface area contributed by atoms with Crippen molar-refractivity contribution in [3.8, 4) is 47.0 Å². The van der Waals surface area contributed by atoms with Crippen molar-refractivity contribution in [1.29, 1.82) is 0 Å². The van der Waals surface area contributed by atoms with E-state index >= 15 is 0 Å². The van der Waals surface area contributed by atoms with Crippen LogP contribution in [-0.4, -0.2) is 26.1 Å². The van der Waals surface area contributed by atoms with E-state index in [2.05, 4.69) is 66.6 Å². The zero-order valence-corrected chi connectivity index (χ0v) is 21.1. The summed E-state index contributed by atoms with van der Waals surface area (Å²) in [6, 6.07) is 15.3. The lowest BCUT2D eigenvalue weighted by atomic mass is 10.0. The molecule has 2 atom stereocenters. The Morgan fingerprint density at radius 1 is 0.941 bits per heavy atom. The van der Waals surface area contributed by atoms with E-state index in [-0.39, 0.29) is 6.29 Å². The van der Waals surface area contributed by atoms with Crippen LogP contribution in [0.4, 0.5) is 0 Å². The molecule has 3 nitrogen and oxygen atoms in total. The van der Waals surface area contributed by atoms with E-state index in [4.69, 9.17) is 9.47 Å². The van der Waals surface area contributed by atoms with Gasteiger partial charge in [-0.05, 0) is 60.6 Å². The minimum Gasteiger partial charge on any atom is -0.376 e. The molecule has 2 aromatic carbocycles. The summed E-state index contributed by atoms with van der Waals surface area (Å²) in [5, 5.41) is 10.5. The van der Waals surface area contributed by atoms with Crippen LogP contribution in [0.5, 0.6) is 0 Å². The molecule has 2 unspecified atom stereocenters. The van der Waals surface area contributed by atoms with Crippen molar-refractivity contribution in [2.75, 3.05) is 6.61 Å². The molecule has 0 bridgehead atoms. The summed E-state index contributed by atoms with van der Waals surface area (Å²) in [7, 11) is -1.48. The summed E-state index contributed by atoms with van der Waals surface area (Å²) in [4.78, 5) is 0. The molecule has 4 heteroatoms. The fourth-order valence-corrected chi connectivity index (χ4v) is 3.68. The molecule has 0 radical (unpaired) electrons. The molecule has 3 rings (SSSR count). The van der Waals surface area contributed by atoms with Crippen LogP contribution in [0.2, 0.25) is 19.6 Å². The average Bonchev–Trinajstić information content (AvgIpc) is 2.84. The molecule has 2 aromatic rings. The van der Waals surface area contributed by atoms with Gasteiger partial charge in [-0.15, -0.1) is 5.54 Å². The number of aliphatic hydroxyl groups is 1. The van der Waals surface area contributed by atoms with Crippen molar-refractivity contribution in [3.63, 3.8) is 0 Å². The normalized spacial score (nSPS) is 15.7. The Hall–Kier alpha value is -3.22. The SMILES string of the molecule is C[Si](C)(C)C#CC#CC(O)c1ccccc1C#CC#Cc1ccccc1COC1CCCCO1. The topological polar surface area (TPSA) is 38.7 Å². The Labute approximate surface area is 204 Å². The van der Waals surface area contributed by atoms with Gasteiger partial charge in [-0.25, -0.2) is 0 Å². The van der Waals surface area contributed by atoms with Crippen LogP contribution < -0.4 is 0 Å². The molecule has 0 spiro atoms. The van der Waals surface area contributed by atoms with Gasteiger partial charge in [-0.2, -0.15) is 0 Å².